The number of nitrogen functional groups attached to an aromatic ring is 1. The molecule has 0 saturated heterocycles. The molecule has 102 valence electrons. The quantitative estimate of drug-likeness (QED) is 0.890. The van der Waals surface area contributed by atoms with Gasteiger partial charge >= 0.3 is 0 Å². The Morgan fingerprint density at radius 2 is 2.00 bits per heavy atom. The minimum absolute atomic E-state index is 0.302. The van der Waals surface area contributed by atoms with Crippen molar-refractivity contribution in [2.75, 3.05) is 27.1 Å². The smallest absolute Gasteiger partial charge is 0.176 e. The Hall–Kier alpha value is -2.21. The molecule has 0 aliphatic rings. The molecule has 0 aliphatic carbocycles. The number of aromatic nitrogens is 1. The minimum Gasteiger partial charge on any atom is -0.496 e. The summed E-state index contributed by atoms with van der Waals surface area (Å²) in [6, 6.07) is 5.33. The molecule has 0 radical (unpaired) electrons. The second-order valence-corrected chi connectivity index (χ2v) is 3.88. The third-order valence-corrected chi connectivity index (χ3v) is 2.70. The van der Waals surface area contributed by atoms with Crippen LogP contribution in [0.3, 0.4) is 0 Å². The molecule has 2 N–H and O–H groups in total. The Bertz CT molecular complexity index is 566. The summed E-state index contributed by atoms with van der Waals surface area (Å²) in [7, 11) is 4.78. The number of rotatable bonds is 5. The number of anilines is 1. The number of hydrogen-bond donors (Lipinski definition) is 1. The molecule has 2 aromatic rings. The van der Waals surface area contributed by atoms with Crippen molar-refractivity contribution in [3.05, 3.63) is 23.8 Å². The van der Waals surface area contributed by atoms with Crippen LogP contribution in [-0.2, 0) is 11.3 Å². The van der Waals surface area contributed by atoms with Gasteiger partial charge in [-0.3, -0.25) is 0 Å². The van der Waals surface area contributed by atoms with Crippen LogP contribution in [0.25, 0.3) is 11.3 Å². The predicted molar refractivity (Wildman–Crippen MR) is 70.2 cm³/mol. The summed E-state index contributed by atoms with van der Waals surface area (Å²) in [5.74, 6) is 2.03. The Labute approximate surface area is 111 Å². The molecule has 0 spiro atoms. The molecule has 6 heteroatoms. The average molecular weight is 264 g/mol. The molecule has 1 heterocycles. The Morgan fingerprint density at radius 3 is 2.53 bits per heavy atom. The second kappa shape index (κ2) is 5.62. The first-order chi connectivity index (χ1) is 9.21. The standard InChI is InChI=1S/C13H16N2O4/c1-16-7-8-4-5-9(17-2)12(13(8)18-3)10-6-11(14)15-19-10/h4-6H,7H2,1-3H3,(H2,14,15). The molecule has 19 heavy (non-hydrogen) atoms. The zero-order valence-electron chi connectivity index (χ0n) is 11.1. The van der Waals surface area contributed by atoms with E-state index in [2.05, 4.69) is 5.16 Å². The number of methoxy groups -OCH3 is 3. The fourth-order valence-electron chi connectivity index (χ4n) is 1.92. The van der Waals surface area contributed by atoms with Crippen molar-refractivity contribution in [1.29, 1.82) is 0 Å². The van der Waals surface area contributed by atoms with Gasteiger partial charge < -0.3 is 24.5 Å². The van der Waals surface area contributed by atoms with Crippen molar-refractivity contribution < 1.29 is 18.7 Å². The van der Waals surface area contributed by atoms with Crippen LogP contribution in [0.1, 0.15) is 5.56 Å². The van der Waals surface area contributed by atoms with E-state index in [-0.39, 0.29) is 0 Å². The molecule has 0 fully saturated rings. The third kappa shape index (κ3) is 2.48. The second-order valence-electron chi connectivity index (χ2n) is 3.88. The predicted octanol–water partition coefficient (Wildman–Crippen LogP) is 2.09. The van der Waals surface area contributed by atoms with Crippen molar-refractivity contribution >= 4 is 5.82 Å². The normalized spacial score (nSPS) is 10.5. The van der Waals surface area contributed by atoms with Crippen LogP contribution < -0.4 is 15.2 Å². The Balaban J connectivity index is 2.63. The molecule has 1 aromatic carbocycles. The fraction of sp³-hybridized carbons (Fsp3) is 0.308. The highest BCUT2D eigenvalue weighted by molar-refractivity contribution is 5.76. The molecule has 0 saturated carbocycles. The lowest BCUT2D eigenvalue weighted by Gasteiger charge is -2.14. The third-order valence-electron chi connectivity index (χ3n) is 2.70. The fourth-order valence-corrected chi connectivity index (χ4v) is 1.92. The van der Waals surface area contributed by atoms with Gasteiger partial charge in [-0.05, 0) is 12.1 Å². The van der Waals surface area contributed by atoms with E-state index in [1.54, 1.807) is 27.4 Å². The Morgan fingerprint density at radius 1 is 1.21 bits per heavy atom. The molecule has 0 amide bonds. The van der Waals surface area contributed by atoms with Crippen molar-refractivity contribution in [3.63, 3.8) is 0 Å². The van der Waals surface area contributed by atoms with Gasteiger partial charge in [0.05, 0.1) is 20.8 Å². The summed E-state index contributed by atoms with van der Waals surface area (Å²) >= 11 is 0. The van der Waals surface area contributed by atoms with Crippen LogP contribution in [-0.4, -0.2) is 26.5 Å². The van der Waals surface area contributed by atoms with Crippen LogP contribution in [0.2, 0.25) is 0 Å². The summed E-state index contributed by atoms with van der Waals surface area (Å²) in [5.41, 5.74) is 7.14. The van der Waals surface area contributed by atoms with Gasteiger partial charge in [0.2, 0.25) is 0 Å². The SMILES string of the molecule is COCc1ccc(OC)c(-c2cc(N)no2)c1OC. The lowest BCUT2D eigenvalue weighted by atomic mass is 10.1. The molecule has 2 rings (SSSR count). The maximum absolute atomic E-state index is 5.58. The molecular weight excluding hydrogens is 248 g/mol. The Kier molecular flexibility index (Phi) is 3.91. The van der Waals surface area contributed by atoms with Crippen LogP contribution in [0.4, 0.5) is 5.82 Å². The van der Waals surface area contributed by atoms with E-state index in [4.69, 9.17) is 24.5 Å². The van der Waals surface area contributed by atoms with Crippen LogP contribution in [0.5, 0.6) is 11.5 Å². The highest BCUT2D eigenvalue weighted by Crippen LogP contribution is 2.41. The van der Waals surface area contributed by atoms with Gasteiger partial charge in [0.15, 0.2) is 11.6 Å². The van der Waals surface area contributed by atoms with Gasteiger partial charge in [-0.1, -0.05) is 5.16 Å². The molecule has 6 nitrogen and oxygen atoms in total. The zero-order chi connectivity index (χ0) is 13.8. The number of benzene rings is 1. The first kappa shape index (κ1) is 13.2. The number of ether oxygens (including phenoxy) is 3. The summed E-state index contributed by atoms with van der Waals surface area (Å²) < 4.78 is 21.1. The van der Waals surface area contributed by atoms with Gasteiger partial charge in [0.25, 0.3) is 0 Å². The van der Waals surface area contributed by atoms with Crippen molar-refractivity contribution in [1.82, 2.24) is 5.16 Å². The molecular formula is C13H16N2O4. The zero-order valence-corrected chi connectivity index (χ0v) is 11.1. The summed E-state index contributed by atoms with van der Waals surface area (Å²) in [6.07, 6.45) is 0. The summed E-state index contributed by atoms with van der Waals surface area (Å²) in [6.45, 7) is 0.420. The van der Waals surface area contributed by atoms with Crippen LogP contribution in [0, 0.1) is 0 Å². The van der Waals surface area contributed by atoms with E-state index in [0.29, 0.717) is 35.2 Å². The molecule has 0 bridgehead atoms. The maximum Gasteiger partial charge on any atom is 0.176 e. The van der Waals surface area contributed by atoms with Gasteiger partial charge in [0.1, 0.15) is 17.1 Å². The van der Waals surface area contributed by atoms with Crippen LogP contribution >= 0.6 is 0 Å². The molecule has 1 aromatic heterocycles. The van der Waals surface area contributed by atoms with Crippen molar-refractivity contribution in [2.45, 2.75) is 6.61 Å². The van der Waals surface area contributed by atoms with E-state index in [9.17, 15) is 0 Å². The molecule has 0 atom stereocenters. The minimum atomic E-state index is 0.302. The van der Waals surface area contributed by atoms with Gasteiger partial charge in [0, 0.05) is 18.7 Å². The van der Waals surface area contributed by atoms with E-state index in [1.807, 2.05) is 12.1 Å². The van der Waals surface area contributed by atoms with E-state index >= 15 is 0 Å². The van der Waals surface area contributed by atoms with E-state index in [0.717, 1.165) is 5.56 Å². The van der Waals surface area contributed by atoms with Crippen LogP contribution in [0.15, 0.2) is 22.7 Å². The van der Waals surface area contributed by atoms with Gasteiger partial charge in [-0.25, -0.2) is 0 Å². The average Bonchev–Trinajstić information content (AvgIpc) is 2.84. The van der Waals surface area contributed by atoms with Crippen molar-refractivity contribution in [2.24, 2.45) is 0 Å². The largest absolute Gasteiger partial charge is 0.496 e. The topological polar surface area (TPSA) is 79.7 Å². The summed E-state index contributed by atoms with van der Waals surface area (Å²) in [4.78, 5) is 0. The van der Waals surface area contributed by atoms with E-state index < -0.39 is 0 Å². The van der Waals surface area contributed by atoms with Gasteiger partial charge in [-0.15, -0.1) is 0 Å². The highest BCUT2D eigenvalue weighted by atomic mass is 16.5. The lowest BCUT2D eigenvalue weighted by molar-refractivity contribution is 0.181. The van der Waals surface area contributed by atoms with E-state index in [1.165, 1.54) is 0 Å². The maximum atomic E-state index is 5.58. The lowest BCUT2D eigenvalue weighted by Crippen LogP contribution is -1.98. The summed E-state index contributed by atoms with van der Waals surface area (Å²) in [5, 5.41) is 3.68. The molecule has 0 unspecified atom stereocenters. The van der Waals surface area contributed by atoms with Crippen molar-refractivity contribution in [3.8, 4) is 22.8 Å². The number of nitrogens with zero attached hydrogens (tertiary/aromatic N) is 1. The van der Waals surface area contributed by atoms with Gasteiger partial charge in [-0.2, -0.15) is 0 Å². The number of hydrogen-bond acceptors (Lipinski definition) is 6. The molecule has 0 aliphatic heterocycles. The monoisotopic (exact) mass is 264 g/mol. The first-order valence-corrected chi connectivity index (χ1v) is 5.66. The number of nitrogens with two attached hydrogens (primary N) is 1. The highest BCUT2D eigenvalue weighted by Gasteiger charge is 2.20. The first-order valence-electron chi connectivity index (χ1n) is 5.66.